The van der Waals surface area contributed by atoms with Gasteiger partial charge in [0.05, 0.1) is 6.61 Å². The smallest absolute Gasteiger partial charge is 0.218 e. The van der Waals surface area contributed by atoms with Crippen molar-refractivity contribution in [3.05, 3.63) is 24.5 Å². The lowest BCUT2D eigenvalue weighted by atomic mass is 10.4. The minimum Gasteiger partial charge on any atom is -0.478 e. The van der Waals surface area contributed by atoms with Crippen LogP contribution in [-0.4, -0.2) is 29.7 Å². The van der Waals surface area contributed by atoms with Crippen LogP contribution in [0.3, 0.4) is 0 Å². The van der Waals surface area contributed by atoms with Crippen LogP contribution >= 0.6 is 0 Å². The first-order chi connectivity index (χ1) is 7.86. The maximum absolute atomic E-state index is 5.39. The van der Waals surface area contributed by atoms with Gasteiger partial charge in [-0.05, 0) is 6.42 Å². The molecular formula is C11H18N4O. The fraction of sp³-hybridized carbons (Fsp3) is 0.455. The number of anilines is 1. The van der Waals surface area contributed by atoms with Gasteiger partial charge < -0.3 is 15.8 Å². The summed E-state index contributed by atoms with van der Waals surface area (Å²) in [7, 11) is 0. The fourth-order valence-electron chi connectivity index (χ4n) is 1.06. The Morgan fingerprint density at radius 2 is 2.31 bits per heavy atom. The van der Waals surface area contributed by atoms with Gasteiger partial charge in [-0.15, -0.1) is 0 Å². The van der Waals surface area contributed by atoms with Crippen molar-refractivity contribution in [2.45, 2.75) is 13.3 Å². The zero-order chi connectivity index (χ0) is 11.6. The molecule has 3 N–H and O–H groups in total. The summed E-state index contributed by atoms with van der Waals surface area (Å²) in [6, 6.07) is 1.78. The number of hydrogen-bond acceptors (Lipinski definition) is 5. The molecule has 0 fully saturated rings. The Balaban J connectivity index is 2.43. The third-order valence-corrected chi connectivity index (χ3v) is 1.80. The molecule has 0 aliphatic rings. The zero-order valence-electron chi connectivity index (χ0n) is 9.52. The van der Waals surface area contributed by atoms with Crippen LogP contribution in [0.1, 0.15) is 13.3 Å². The predicted octanol–water partition coefficient (Wildman–Crippen LogP) is 1.19. The molecule has 5 nitrogen and oxygen atoms in total. The van der Waals surface area contributed by atoms with Gasteiger partial charge in [-0.1, -0.05) is 19.1 Å². The van der Waals surface area contributed by atoms with Gasteiger partial charge in [0.15, 0.2) is 0 Å². The highest BCUT2D eigenvalue weighted by Gasteiger charge is 1.97. The molecule has 1 aromatic rings. The summed E-state index contributed by atoms with van der Waals surface area (Å²) in [4.78, 5) is 8.09. The summed E-state index contributed by atoms with van der Waals surface area (Å²) in [6.45, 7) is 3.97. The van der Waals surface area contributed by atoms with Crippen molar-refractivity contribution in [2.24, 2.45) is 5.73 Å². The normalized spacial score (nSPS) is 10.6. The molecule has 0 bridgehead atoms. The highest BCUT2D eigenvalue weighted by Crippen LogP contribution is 2.10. The molecule has 5 heteroatoms. The van der Waals surface area contributed by atoms with Crippen LogP contribution in [-0.2, 0) is 0 Å². The maximum atomic E-state index is 5.39. The predicted molar refractivity (Wildman–Crippen MR) is 64.5 cm³/mol. The second kappa shape index (κ2) is 7.64. The Kier molecular flexibility index (Phi) is 5.95. The molecule has 0 unspecified atom stereocenters. The van der Waals surface area contributed by atoms with Gasteiger partial charge >= 0.3 is 0 Å². The monoisotopic (exact) mass is 222 g/mol. The first-order valence-corrected chi connectivity index (χ1v) is 5.40. The summed E-state index contributed by atoms with van der Waals surface area (Å²) in [5, 5.41) is 3.12. The van der Waals surface area contributed by atoms with Crippen molar-refractivity contribution in [1.29, 1.82) is 0 Å². The van der Waals surface area contributed by atoms with Crippen LogP contribution in [0.5, 0.6) is 5.88 Å². The molecule has 0 aromatic carbocycles. The van der Waals surface area contributed by atoms with Gasteiger partial charge in [0.2, 0.25) is 5.88 Å². The summed E-state index contributed by atoms with van der Waals surface area (Å²) in [5.41, 5.74) is 5.33. The van der Waals surface area contributed by atoms with Crippen LogP contribution in [0.25, 0.3) is 0 Å². The van der Waals surface area contributed by atoms with E-state index in [0.29, 0.717) is 25.6 Å². The second-order valence-electron chi connectivity index (χ2n) is 3.18. The molecule has 88 valence electrons. The Morgan fingerprint density at radius 1 is 1.44 bits per heavy atom. The van der Waals surface area contributed by atoms with E-state index in [1.165, 1.54) is 6.33 Å². The number of ether oxygens (including phenoxy) is 1. The Hall–Kier alpha value is -1.62. The summed E-state index contributed by atoms with van der Waals surface area (Å²) >= 11 is 0. The molecule has 0 radical (unpaired) electrons. The molecule has 1 heterocycles. The first kappa shape index (κ1) is 12.4. The molecule has 0 atom stereocenters. The van der Waals surface area contributed by atoms with Crippen LogP contribution < -0.4 is 15.8 Å². The van der Waals surface area contributed by atoms with Gasteiger partial charge in [0.25, 0.3) is 0 Å². The summed E-state index contributed by atoms with van der Waals surface area (Å²) < 4.78 is 5.39. The highest BCUT2D eigenvalue weighted by atomic mass is 16.5. The van der Waals surface area contributed by atoms with Crippen LogP contribution in [0.2, 0.25) is 0 Å². The van der Waals surface area contributed by atoms with E-state index in [0.717, 1.165) is 12.2 Å². The lowest BCUT2D eigenvalue weighted by Gasteiger charge is -2.05. The Labute approximate surface area is 95.7 Å². The molecule has 0 spiro atoms. The lowest BCUT2D eigenvalue weighted by Crippen LogP contribution is -2.04. The quantitative estimate of drug-likeness (QED) is 0.678. The minimum absolute atomic E-state index is 0.552. The molecule has 0 aliphatic carbocycles. The van der Waals surface area contributed by atoms with E-state index in [-0.39, 0.29) is 0 Å². The van der Waals surface area contributed by atoms with Crippen molar-refractivity contribution >= 4 is 5.82 Å². The van der Waals surface area contributed by atoms with Crippen LogP contribution in [0.4, 0.5) is 5.82 Å². The lowest BCUT2D eigenvalue weighted by molar-refractivity contribution is 0.305. The van der Waals surface area contributed by atoms with Crippen molar-refractivity contribution in [3.63, 3.8) is 0 Å². The van der Waals surface area contributed by atoms with Gasteiger partial charge in [-0.25, -0.2) is 9.97 Å². The van der Waals surface area contributed by atoms with Crippen molar-refractivity contribution in [3.8, 4) is 5.88 Å². The largest absolute Gasteiger partial charge is 0.478 e. The molecular weight excluding hydrogens is 204 g/mol. The van der Waals surface area contributed by atoms with E-state index < -0.39 is 0 Å². The molecule has 0 aliphatic heterocycles. The molecule has 0 saturated carbocycles. The molecule has 16 heavy (non-hydrogen) atoms. The third kappa shape index (κ3) is 4.75. The summed E-state index contributed by atoms with van der Waals surface area (Å²) in [5.74, 6) is 1.35. The Morgan fingerprint density at radius 3 is 3.06 bits per heavy atom. The standard InChI is InChI=1S/C11H18N4O/c1-2-7-16-11-8-10(14-9-15-11)13-6-4-3-5-12/h3-4,8-9H,2,5-7,12H2,1H3,(H,13,14,15)/b4-3+. The van der Waals surface area contributed by atoms with Crippen molar-refractivity contribution < 1.29 is 4.74 Å². The zero-order valence-corrected chi connectivity index (χ0v) is 9.52. The Bertz CT molecular complexity index is 328. The second-order valence-corrected chi connectivity index (χ2v) is 3.18. The topological polar surface area (TPSA) is 73.1 Å². The van der Waals surface area contributed by atoms with Crippen molar-refractivity contribution in [1.82, 2.24) is 9.97 Å². The van der Waals surface area contributed by atoms with E-state index in [1.807, 2.05) is 12.2 Å². The van der Waals surface area contributed by atoms with Crippen molar-refractivity contribution in [2.75, 3.05) is 25.0 Å². The average Bonchev–Trinajstić information content (AvgIpc) is 2.33. The average molecular weight is 222 g/mol. The first-order valence-electron chi connectivity index (χ1n) is 5.40. The number of nitrogens with zero attached hydrogens (tertiary/aromatic N) is 2. The molecule has 0 saturated heterocycles. The van der Waals surface area contributed by atoms with Gasteiger partial charge in [0, 0.05) is 19.2 Å². The summed E-state index contributed by atoms with van der Waals surface area (Å²) in [6.07, 6.45) is 6.29. The molecule has 1 aromatic heterocycles. The minimum atomic E-state index is 0.552. The molecule has 0 amide bonds. The SMILES string of the molecule is CCCOc1cc(NC/C=C/CN)ncn1. The van der Waals surface area contributed by atoms with E-state index in [9.17, 15) is 0 Å². The fourth-order valence-corrected chi connectivity index (χ4v) is 1.06. The van der Waals surface area contributed by atoms with Gasteiger partial charge in [-0.3, -0.25) is 0 Å². The number of nitrogens with one attached hydrogen (secondary N) is 1. The third-order valence-electron chi connectivity index (χ3n) is 1.80. The number of hydrogen-bond donors (Lipinski definition) is 2. The highest BCUT2D eigenvalue weighted by molar-refractivity contribution is 5.37. The number of aromatic nitrogens is 2. The maximum Gasteiger partial charge on any atom is 0.218 e. The van der Waals surface area contributed by atoms with Crippen LogP contribution in [0.15, 0.2) is 24.5 Å². The van der Waals surface area contributed by atoms with E-state index in [1.54, 1.807) is 6.07 Å². The van der Waals surface area contributed by atoms with Gasteiger partial charge in [-0.2, -0.15) is 0 Å². The van der Waals surface area contributed by atoms with Crippen LogP contribution in [0, 0.1) is 0 Å². The van der Waals surface area contributed by atoms with Gasteiger partial charge in [0.1, 0.15) is 12.1 Å². The number of rotatable bonds is 7. The van der Waals surface area contributed by atoms with E-state index in [4.69, 9.17) is 10.5 Å². The van der Waals surface area contributed by atoms with E-state index in [2.05, 4.69) is 22.2 Å². The number of nitrogens with two attached hydrogens (primary N) is 1. The molecule has 1 rings (SSSR count). The van der Waals surface area contributed by atoms with E-state index >= 15 is 0 Å².